The fraction of sp³-hybridized carbons (Fsp3) is 0.250. The Kier molecular flexibility index (Phi) is 5.07. The van der Waals surface area contributed by atoms with Gasteiger partial charge in [-0.2, -0.15) is 5.10 Å². The first-order chi connectivity index (χ1) is 16.2. The number of hydrogen-bond donors (Lipinski definition) is 0. The first-order valence-corrected chi connectivity index (χ1v) is 12.6. The van der Waals surface area contributed by atoms with Crippen LogP contribution in [-0.4, -0.2) is 56.7 Å². The molecule has 1 aliphatic rings. The Balaban J connectivity index is 1.20. The Labute approximate surface area is 198 Å². The number of anilines is 1. The smallest absolute Gasteiger partial charge is 0.264 e. The summed E-state index contributed by atoms with van der Waals surface area (Å²) in [6, 6.07) is 14.4. The van der Waals surface area contributed by atoms with Crippen LogP contribution in [0.5, 0.6) is 0 Å². The number of rotatable bonds is 4. The molecule has 0 atom stereocenters. The predicted octanol–water partition coefficient (Wildman–Crippen LogP) is 4.42. The van der Waals surface area contributed by atoms with Crippen molar-refractivity contribution in [2.45, 2.75) is 13.5 Å². The number of carbonyl (C=O) groups is 1. The van der Waals surface area contributed by atoms with E-state index in [1.165, 1.54) is 5.56 Å². The highest BCUT2D eigenvalue weighted by molar-refractivity contribution is 7.20. The van der Waals surface area contributed by atoms with Gasteiger partial charge >= 0.3 is 0 Å². The highest BCUT2D eigenvalue weighted by Crippen LogP contribution is 2.31. The summed E-state index contributed by atoms with van der Waals surface area (Å²) in [5, 5.41) is 8.91. The number of amides is 1. The average Bonchev–Trinajstić information content (AvgIpc) is 3.57. The second kappa shape index (κ2) is 8.24. The Morgan fingerprint density at radius 3 is 2.67 bits per heavy atom. The molecular weight excluding hydrogens is 452 g/mol. The number of benzene rings is 1. The van der Waals surface area contributed by atoms with Crippen molar-refractivity contribution in [3.05, 3.63) is 70.3 Å². The Morgan fingerprint density at radius 1 is 1.03 bits per heavy atom. The van der Waals surface area contributed by atoms with E-state index in [2.05, 4.69) is 33.1 Å². The van der Waals surface area contributed by atoms with Crippen LogP contribution in [0.2, 0.25) is 0 Å². The Bertz CT molecular complexity index is 1450. The summed E-state index contributed by atoms with van der Waals surface area (Å²) in [5.74, 6) is 1.07. The summed E-state index contributed by atoms with van der Waals surface area (Å²) in [6.45, 7) is 5.60. The highest BCUT2D eigenvalue weighted by Gasteiger charge is 2.26. The molecule has 0 radical (unpaired) electrons. The molecule has 9 heteroatoms. The molecule has 0 unspecified atom stereocenters. The summed E-state index contributed by atoms with van der Waals surface area (Å²) in [7, 11) is 0. The van der Waals surface area contributed by atoms with Crippen molar-refractivity contribution in [1.82, 2.24) is 24.6 Å². The topological polar surface area (TPSA) is 67.2 Å². The fourth-order valence-corrected chi connectivity index (χ4v) is 6.24. The molecule has 7 nitrogen and oxygen atoms in total. The van der Waals surface area contributed by atoms with Crippen molar-refractivity contribution in [3.8, 4) is 0 Å². The number of piperazine rings is 1. The van der Waals surface area contributed by atoms with Gasteiger partial charge in [0, 0.05) is 31.6 Å². The number of aromatic nitrogens is 4. The van der Waals surface area contributed by atoms with E-state index in [1.54, 1.807) is 29.0 Å². The minimum atomic E-state index is 0.102. The summed E-state index contributed by atoms with van der Waals surface area (Å²) in [6.07, 6.45) is 1.63. The van der Waals surface area contributed by atoms with Crippen molar-refractivity contribution >= 4 is 54.8 Å². The lowest BCUT2D eigenvalue weighted by Gasteiger charge is -2.35. The molecule has 0 saturated carbocycles. The van der Waals surface area contributed by atoms with Gasteiger partial charge in [0.1, 0.15) is 21.8 Å². The average molecular weight is 475 g/mol. The maximum atomic E-state index is 13.3. The van der Waals surface area contributed by atoms with Gasteiger partial charge in [0.25, 0.3) is 5.91 Å². The fourth-order valence-electron chi connectivity index (χ4n) is 4.39. The summed E-state index contributed by atoms with van der Waals surface area (Å²) in [4.78, 5) is 29.2. The molecule has 5 heterocycles. The minimum absolute atomic E-state index is 0.102. The van der Waals surface area contributed by atoms with Crippen LogP contribution in [0.3, 0.4) is 0 Å². The quantitative estimate of drug-likeness (QED) is 0.386. The molecule has 1 aliphatic heterocycles. The van der Waals surface area contributed by atoms with E-state index in [9.17, 15) is 4.79 Å². The van der Waals surface area contributed by atoms with E-state index in [4.69, 9.17) is 5.10 Å². The summed E-state index contributed by atoms with van der Waals surface area (Å²) in [5.41, 5.74) is 2.16. The number of fused-ring (bicyclic) bond motifs is 2. The van der Waals surface area contributed by atoms with E-state index in [0.717, 1.165) is 49.9 Å². The van der Waals surface area contributed by atoms with Crippen LogP contribution in [0, 0.1) is 6.92 Å². The molecule has 0 N–H and O–H groups in total. The van der Waals surface area contributed by atoms with E-state index < -0.39 is 0 Å². The number of carbonyl (C=O) groups excluding carboxylic acids is 1. The zero-order valence-electron chi connectivity index (χ0n) is 18.1. The lowest BCUT2D eigenvalue weighted by molar-refractivity contribution is 0.0751. The van der Waals surface area contributed by atoms with Crippen LogP contribution in [0.25, 0.3) is 20.4 Å². The van der Waals surface area contributed by atoms with Crippen LogP contribution in [0.15, 0.2) is 54.2 Å². The highest BCUT2D eigenvalue weighted by atomic mass is 32.1. The molecule has 1 saturated heterocycles. The second-order valence-electron chi connectivity index (χ2n) is 8.17. The van der Waals surface area contributed by atoms with Gasteiger partial charge in [-0.05, 0) is 30.0 Å². The second-order valence-corrected chi connectivity index (χ2v) is 10.1. The lowest BCUT2D eigenvalue weighted by atomic mass is 10.2. The lowest BCUT2D eigenvalue weighted by Crippen LogP contribution is -2.49. The molecule has 1 fully saturated rings. The standard InChI is InChI=1S/C24H22N6OS2/c1-16-19-13-20(33-24(19)30(27-16)14-17-5-3-2-4-6-17)23(31)29-10-8-28(9-11-29)21-18-7-12-32-22(18)26-15-25-21/h2-7,12-13,15H,8-11,14H2,1H3. The van der Waals surface area contributed by atoms with Crippen LogP contribution < -0.4 is 4.90 Å². The van der Waals surface area contributed by atoms with Gasteiger partial charge in [-0.25, -0.2) is 9.97 Å². The van der Waals surface area contributed by atoms with E-state index in [0.29, 0.717) is 19.6 Å². The van der Waals surface area contributed by atoms with Gasteiger partial charge in [-0.3, -0.25) is 9.48 Å². The van der Waals surface area contributed by atoms with Gasteiger partial charge in [-0.1, -0.05) is 30.3 Å². The molecule has 4 aromatic heterocycles. The molecule has 0 bridgehead atoms. The zero-order chi connectivity index (χ0) is 22.4. The first-order valence-electron chi connectivity index (χ1n) is 10.9. The third-order valence-electron chi connectivity index (χ3n) is 6.10. The molecule has 6 rings (SSSR count). The van der Waals surface area contributed by atoms with Gasteiger partial charge in [0.2, 0.25) is 0 Å². The summed E-state index contributed by atoms with van der Waals surface area (Å²) >= 11 is 3.17. The molecule has 33 heavy (non-hydrogen) atoms. The minimum Gasteiger partial charge on any atom is -0.352 e. The normalized spacial score (nSPS) is 14.5. The Morgan fingerprint density at radius 2 is 1.85 bits per heavy atom. The molecule has 1 amide bonds. The van der Waals surface area contributed by atoms with Gasteiger partial charge < -0.3 is 9.80 Å². The molecule has 0 aliphatic carbocycles. The largest absolute Gasteiger partial charge is 0.352 e. The van der Waals surface area contributed by atoms with Gasteiger partial charge in [-0.15, -0.1) is 22.7 Å². The molecule has 1 aromatic carbocycles. The molecule has 5 aromatic rings. The third-order valence-corrected chi connectivity index (χ3v) is 8.06. The first kappa shape index (κ1) is 20.3. The molecule has 0 spiro atoms. The van der Waals surface area contributed by atoms with E-state index in [-0.39, 0.29) is 5.91 Å². The molecule has 166 valence electrons. The van der Waals surface area contributed by atoms with Gasteiger partial charge in [0.05, 0.1) is 22.5 Å². The van der Waals surface area contributed by atoms with Crippen LogP contribution in [0.1, 0.15) is 20.9 Å². The van der Waals surface area contributed by atoms with E-state index in [1.807, 2.05) is 46.2 Å². The van der Waals surface area contributed by atoms with Crippen molar-refractivity contribution in [3.63, 3.8) is 0 Å². The number of hydrogen-bond acceptors (Lipinski definition) is 7. The van der Waals surface area contributed by atoms with Crippen LogP contribution >= 0.6 is 22.7 Å². The maximum absolute atomic E-state index is 13.3. The monoisotopic (exact) mass is 474 g/mol. The van der Waals surface area contributed by atoms with Gasteiger partial charge in [0.15, 0.2) is 0 Å². The van der Waals surface area contributed by atoms with Crippen LogP contribution in [-0.2, 0) is 6.54 Å². The Hall–Kier alpha value is -3.30. The summed E-state index contributed by atoms with van der Waals surface area (Å²) < 4.78 is 2.01. The number of nitrogens with zero attached hydrogens (tertiary/aromatic N) is 6. The van der Waals surface area contributed by atoms with E-state index >= 15 is 0 Å². The van der Waals surface area contributed by atoms with Crippen molar-refractivity contribution in [2.24, 2.45) is 0 Å². The van der Waals surface area contributed by atoms with Crippen molar-refractivity contribution in [2.75, 3.05) is 31.1 Å². The van der Waals surface area contributed by atoms with Crippen molar-refractivity contribution in [1.29, 1.82) is 0 Å². The molecular formula is C24H22N6OS2. The third kappa shape index (κ3) is 3.67. The predicted molar refractivity (Wildman–Crippen MR) is 133 cm³/mol. The number of aryl methyl sites for hydroxylation is 1. The zero-order valence-corrected chi connectivity index (χ0v) is 19.8. The SMILES string of the molecule is Cc1nn(Cc2ccccc2)c2sc(C(=O)N3CCN(c4ncnc5sccc45)CC3)cc12. The maximum Gasteiger partial charge on any atom is 0.264 e. The number of thiophene rings is 2. The van der Waals surface area contributed by atoms with Crippen molar-refractivity contribution < 1.29 is 4.79 Å². The van der Waals surface area contributed by atoms with Crippen LogP contribution in [0.4, 0.5) is 5.82 Å².